The van der Waals surface area contributed by atoms with Crippen LogP contribution in [0.1, 0.15) is 25.7 Å². The zero-order valence-electron chi connectivity index (χ0n) is 9.15. The molecule has 1 saturated carbocycles. The van der Waals surface area contributed by atoms with Crippen LogP contribution < -0.4 is 5.32 Å². The smallest absolute Gasteiger partial charge is 0.161 e. The number of aromatic nitrogens is 1. The summed E-state index contributed by atoms with van der Waals surface area (Å²) < 4.78 is 0. The SMILES string of the molecule is c1cncc(NC2=NC3(CCCC3)CS2)c1. The van der Waals surface area contributed by atoms with E-state index in [1.807, 2.05) is 30.1 Å². The first-order valence-electron chi connectivity index (χ1n) is 5.76. The molecule has 0 unspecified atom stereocenters. The molecule has 0 amide bonds. The number of amidine groups is 1. The standard InChI is InChI=1S/C12H15N3S/c1-2-6-12(5-1)9-16-11(15-12)14-10-4-3-7-13-8-10/h3-4,7-8H,1-2,5-6,9H2,(H,14,15). The fourth-order valence-corrected chi connectivity index (χ4v) is 3.60. The van der Waals surface area contributed by atoms with Crippen LogP contribution in [0.25, 0.3) is 0 Å². The van der Waals surface area contributed by atoms with Crippen molar-refractivity contribution >= 4 is 22.6 Å². The van der Waals surface area contributed by atoms with Crippen molar-refractivity contribution in [2.75, 3.05) is 11.1 Å². The molecule has 2 aliphatic rings. The molecule has 1 aromatic rings. The number of hydrogen-bond donors (Lipinski definition) is 1. The van der Waals surface area contributed by atoms with Gasteiger partial charge in [0.15, 0.2) is 5.17 Å². The number of anilines is 1. The number of aliphatic imine (C=N–C) groups is 1. The monoisotopic (exact) mass is 233 g/mol. The molecule has 3 nitrogen and oxygen atoms in total. The summed E-state index contributed by atoms with van der Waals surface area (Å²) in [6.45, 7) is 0. The Morgan fingerprint density at radius 1 is 1.31 bits per heavy atom. The molecule has 0 aromatic carbocycles. The van der Waals surface area contributed by atoms with E-state index in [1.54, 1.807) is 6.20 Å². The van der Waals surface area contributed by atoms with Crippen LogP contribution in [0, 0.1) is 0 Å². The summed E-state index contributed by atoms with van der Waals surface area (Å²) in [5.41, 5.74) is 1.29. The minimum absolute atomic E-state index is 0.259. The van der Waals surface area contributed by atoms with E-state index in [4.69, 9.17) is 4.99 Å². The van der Waals surface area contributed by atoms with Gasteiger partial charge in [0.05, 0.1) is 17.4 Å². The van der Waals surface area contributed by atoms with Crippen molar-refractivity contribution in [3.8, 4) is 0 Å². The number of rotatable bonds is 1. The summed E-state index contributed by atoms with van der Waals surface area (Å²) in [5.74, 6) is 1.15. The minimum Gasteiger partial charge on any atom is -0.334 e. The number of thioether (sulfide) groups is 1. The van der Waals surface area contributed by atoms with Gasteiger partial charge in [-0.2, -0.15) is 0 Å². The molecule has 1 aromatic heterocycles. The van der Waals surface area contributed by atoms with Gasteiger partial charge in [-0.3, -0.25) is 9.98 Å². The van der Waals surface area contributed by atoms with Crippen LogP contribution in [0.15, 0.2) is 29.5 Å². The van der Waals surface area contributed by atoms with Gasteiger partial charge < -0.3 is 5.32 Å². The maximum atomic E-state index is 4.86. The van der Waals surface area contributed by atoms with Crippen molar-refractivity contribution in [2.24, 2.45) is 4.99 Å². The fourth-order valence-electron chi connectivity index (χ4n) is 2.40. The second-order valence-corrected chi connectivity index (χ2v) is 5.47. The van der Waals surface area contributed by atoms with Gasteiger partial charge in [0, 0.05) is 11.9 Å². The predicted octanol–water partition coefficient (Wildman–Crippen LogP) is 2.91. The fraction of sp³-hybridized carbons (Fsp3) is 0.500. The summed E-state index contributed by atoms with van der Waals surface area (Å²) in [4.78, 5) is 8.94. The topological polar surface area (TPSA) is 37.3 Å². The first-order valence-corrected chi connectivity index (χ1v) is 6.75. The Bertz CT molecular complexity index is 396. The molecule has 2 heterocycles. The van der Waals surface area contributed by atoms with Crippen molar-refractivity contribution in [1.82, 2.24) is 4.98 Å². The maximum Gasteiger partial charge on any atom is 0.161 e. The highest BCUT2D eigenvalue weighted by Crippen LogP contribution is 2.41. The number of nitrogens with zero attached hydrogens (tertiary/aromatic N) is 2. The highest BCUT2D eigenvalue weighted by Gasteiger charge is 2.38. The molecule has 1 aliphatic heterocycles. The normalized spacial score (nSPS) is 22.4. The van der Waals surface area contributed by atoms with E-state index in [-0.39, 0.29) is 5.54 Å². The predicted molar refractivity (Wildman–Crippen MR) is 69.0 cm³/mol. The molecule has 0 radical (unpaired) electrons. The van der Waals surface area contributed by atoms with E-state index in [2.05, 4.69) is 10.3 Å². The summed E-state index contributed by atoms with van der Waals surface area (Å²) in [6.07, 6.45) is 8.82. The maximum absolute atomic E-state index is 4.86. The van der Waals surface area contributed by atoms with Crippen molar-refractivity contribution in [3.63, 3.8) is 0 Å². The Morgan fingerprint density at radius 2 is 2.19 bits per heavy atom. The van der Waals surface area contributed by atoms with Crippen LogP contribution in [-0.2, 0) is 0 Å². The zero-order valence-corrected chi connectivity index (χ0v) is 9.96. The molecule has 1 aliphatic carbocycles. The number of hydrogen-bond acceptors (Lipinski definition) is 4. The van der Waals surface area contributed by atoms with E-state index in [0.717, 1.165) is 16.6 Å². The Morgan fingerprint density at radius 3 is 2.94 bits per heavy atom. The lowest BCUT2D eigenvalue weighted by Gasteiger charge is -2.16. The third-order valence-corrected chi connectivity index (χ3v) is 4.41. The Kier molecular flexibility index (Phi) is 2.59. The average Bonchev–Trinajstić information content (AvgIpc) is 2.92. The highest BCUT2D eigenvalue weighted by molar-refractivity contribution is 8.14. The Balaban J connectivity index is 1.73. The average molecular weight is 233 g/mol. The van der Waals surface area contributed by atoms with Crippen molar-refractivity contribution < 1.29 is 0 Å². The summed E-state index contributed by atoms with van der Waals surface area (Å²) >= 11 is 1.84. The lowest BCUT2D eigenvalue weighted by atomic mass is 10.0. The quantitative estimate of drug-likeness (QED) is 0.810. The largest absolute Gasteiger partial charge is 0.334 e. The highest BCUT2D eigenvalue weighted by atomic mass is 32.2. The molecule has 84 valence electrons. The van der Waals surface area contributed by atoms with E-state index < -0.39 is 0 Å². The zero-order chi connectivity index (χ0) is 10.8. The van der Waals surface area contributed by atoms with E-state index >= 15 is 0 Å². The van der Waals surface area contributed by atoms with Crippen LogP contribution in [0.4, 0.5) is 5.69 Å². The summed E-state index contributed by atoms with van der Waals surface area (Å²) in [7, 11) is 0. The first-order chi connectivity index (χ1) is 7.86. The van der Waals surface area contributed by atoms with Gasteiger partial charge in [-0.1, -0.05) is 24.6 Å². The van der Waals surface area contributed by atoms with Crippen molar-refractivity contribution in [2.45, 2.75) is 31.2 Å². The van der Waals surface area contributed by atoms with Crippen LogP contribution in [0.3, 0.4) is 0 Å². The van der Waals surface area contributed by atoms with E-state index in [0.29, 0.717) is 0 Å². The van der Waals surface area contributed by atoms with Crippen LogP contribution in [0.2, 0.25) is 0 Å². The molecule has 1 N–H and O–H groups in total. The molecular formula is C12H15N3S. The third kappa shape index (κ3) is 1.94. The molecule has 1 fully saturated rings. The van der Waals surface area contributed by atoms with E-state index in [1.165, 1.54) is 25.7 Å². The Hall–Kier alpha value is -1.03. The molecular weight excluding hydrogens is 218 g/mol. The number of pyridine rings is 1. The van der Waals surface area contributed by atoms with Gasteiger partial charge in [0.25, 0.3) is 0 Å². The minimum atomic E-state index is 0.259. The second kappa shape index (κ2) is 4.09. The van der Waals surface area contributed by atoms with Crippen LogP contribution in [-0.4, -0.2) is 21.4 Å². The van der Waals surface area contributed by atoms with Gasteiger partial charge >= 0.3 is 0 Å². The van der Waals surface area contributed by atoms with Gasteiger partial charge in [0.1, 0.15) is 0 Å². The van der Waals surface area contributed by atoms with Gasteiger partial charge in [-0.15, -0.1) is 0 Å². The molecule has 1 spiro atoms. The third-order valence-electron chi connectivity index (χ3n) is 3.26. The molecule has 4 heteroatoms. The van der Waals surface area contributed by atoms with Crippen molar-refractivity contribution in [1.29, 1.82) is 0 Å². The second-order valence-electron chi connectivity index (χ2n) is 4.50. The van der Waals surface area contributed by atoms with Crippen LogP contribution in [0.5, 0.6) is 0 Å². The molecule has 0 atom stereocenters. The van der Waals surface area contributed by atoms with E-state index in [9.17, 15) is 0 Å². The molecule has 0 saturated heterocycles. The summed E-state index contributed by atoms with van der Waals surface area (Å²) in [5, 5.41) is 4.41. The molecule has 3 rings (SSSR count). The first kappa shape index (κ1) is 10.1. The molecule has 16 heavy (non-hydrogen) atoms. The lowest BCUT2D eigenvalue weighted by Crippen LogP contribution is -2.21. The summed E-state index contributed by atoms with van der Waals surface area (Å²) in [6, 6.07) is 3.96. The van der Waals surface area contributed by atoms with Gasteiger partial charge in [-0.25, -0.2) is 0 Å². The molecule has 0 bridgehead atoms. The van der Waals surface area contributed by atoms with Crippen LogP contribution >= 0.6 is 11.8 Å². The van der Waals surface area contributed by atoms with Gasteiger partial charge in [0.2, 0.25) is 0 Å². The Labute approximate surface area is 99.8 Å². The van der Waals surface area contributed by atoms with Crippen molar-refractivity contribution in [3.05, 3.63) is 24.5 Å². The lowest BCUT2D eigenvalue weighted by molar-refractivity contribution is 0.508. The number of nitrogens with one attached hydrogen (secondary N) is 1. The van der Waals surface area contributed by atoms with Gasteiger partial charge in [-0.05, 0) is 25.0 Å².